The van der Waals surface area contributed by atoms with Gasteiger partial charge in [-0.2, -0.15) is 5.26 Å². The van der Waals surface area contributed by atoms with Gasteiger partial charge in [-0.15, -0.1) is 0 Å². The zero-order valence-corrected chi connectivity index (χ0v) is 11.5. The van der Waals surface area contributed by atoms with Crippen LogP contribution in [0.15, 0.2) is 18.2 Å². The van der Waals surface area contributed by atoms with Crippen molar-refractivity contribution in [3.05, 3.63) is 23.2 Å². The molecule has 1 unspecified atom stereocenters. The van der Waals surface area contributed by atoms with E-state index in [1.54, 1.807) is 13.0 Å². The van der Waals surface area contributed by atoms with E-state index in [0.29, 0.717) is 16.5 Å². The summed E-state index contributed by atoms with van der Waals surface area (Å²) in [6.07, 6.45) is 0.219. The van der Waals surface area contributed by atoms with Crippen molar-refractivity contribution in [2.75, 3.05) is 11.8 Å². The predicted molar refractivity (Wildman–Crippen MR) is 70.2 cm³/mol. The number of sulfonamides is 1. The number of nitrogens with zero attached hydrogens (tertiary/aromatic N) is 1. The van der Waals surface area contributed by atoms with Crippen molar-refractivity contribution in [1.29, 1.82) is 5.26 Å². The summed E-state index contributed by atoms with van der Waals surface area (Å²) in [7, 11) is -2.29. The van der Waals surface area contributed by atoms with Crippen LogP contribution in [0.3, 0.4) is 0 Å². The second-order valence-electron chi connectivity index (χ2n) is 3.52. The minimum atomic E-state index is -3.72. The first kappa shape index (κ1) is 14.6. The summed E-state index contributed by atoms with van der Waals surface area (Å²) in [6, 6.07) is 6.23. The van der Waals surface area contributed by atoms with Gasteiger partial charge in [0.05, 0.1) is 23.9 Å². The Balaban J connectivity index is 3.02. The largest absolute Gasteiger partial charge is 0.495 e. The van der Waals surface area contributed by atoms with E-state index in [1.165, 1.54) is 25.3 Å². The molecule has 0 heterocycles. The van der Waals surface area contributed by atoms with Gasteiger partial charge in [0, 0.05) is 6.07 Å². The van der Waals surface area contributed by atoms with Crippen molar-refractivity contribution in [3.63, 3.8) is 0 Å². The van der Waals surface area contributed by atoms with Crippen LogP contribution in [0.2, 0.25) is 5.02 Å². The molecule has 1 atom stereocenters. The Bertz CT molecular complexity index is 566. The standard InChI is InChI=1S/C11H13ClN2O3S/c1-3-9(7-13)18(15,16)14-8-4-5-10(12)11(6-8)17-2/h4-6,9,14H,3H2,1-2H3. The van der Waals surface area contributed by atoms with Crippen LogP contribution in [0.5, 0.6) is 5.75 Å². The van der Waals surface area contributed by atoms with E-state index >= 15 is 0 Å². The first-order valence-corrected chi connectivity index (χ1v) is 7.11. The smallest absolute Gasteiger partial charge is 0.249 e. The number of methoxy groups -OCH3 is 1. The third kappa shape index (κ3) is 3.28. The molecule has 0 aliphatic rings. The van der Waals surface area contributed by atoms with Crippen LogP contribution in [0.1, 0.15) is 13.3 Å². The number of halogens is 1. The Hall–Kier alpha value is -1.45. The molecule has 0 aromatic heterocycles. The minimum Gasteiger partial charge on any atom is -0.495 e. The van der Waals surface area contributed by atoms with E-state index in [4.69, 9.17) is 21.6 Å². The Kier molecular flexibility index (Phi) is 4.82. The highest BCUT2D eigenvalue weighted by molar-refractivity contribution is 7.93. The Morgan fingerprint density at radius 2 is 2.22 bits per heavy atom. The maximum atomic E-state index is 11.8. The third-order valence-corrected chi connectivity index (χ3v) is 4.32. The summed E-state index contributed by atoms with van der Waals surface area (Å²) in [5.74, 6) is 0.363. The first-order chi connectivity index (χ1) is 8.44. The highest BCUT2D eigenvalue weighted by atomic mass is 35.5. The fourth-order valence-electron chi connectivity index (χ4n) is 1.34. The summed E-state index contributed by atoms with van der Waals surface area (Å²) in [5, 5.41) is 8.07. The van der Waals surface area contributed by atoms with Gasteiger partial charge in [0.2, 0.25) is 10.0 Å². The van der Waals surface area contributed by atoms with Crippen molar-refractivity contribution < 1.29 is 13.2 Å². The van der Waals surface area contributed by atoms with Crippen molar-refractivity contribution in [2.24, 2.45) is 0 Å². The van der Waals surface area contributed by atoms with Crippen LogP contribution in [-0.4, -0.2) is 20.8 Å². The molecule has 0 aliphatic heterocycles. The molecule has 0 bridgehead atoms. The van der Waals surface area contributed by atoms with Crippen molar-refractivity contribution >= 4 is 27.3 Å². The number of nitriles is 1. The molecule has 98 valence electrons. The van der Waals surface area contributed by atoms with Crippen LogP contribution in [0.4, 0.5) is 5.69 Å². The van der Waals surface area contributed by atoms with Crippen molar-refractivity contribution in [2.45, 2.75) is 18.6 Å². The fraction of sp³-hybridized carbons (Fsp3) is 0.364. The summed E-state index contributed by atoms with van der Waals surface area (Å²) >= 11 is 5.83. The van der Waals surface area contributed by atoms with Crippen LogP contribution < -0.4 is 9.46 Å². The van der Waals surface area contributed by atoms with E-state index in [1.807, 2.05) is 0 Å². The average Bonchev–Trinajstić information content (AvgIpc) is 2.32. The van der Waals surface area contributed by atoms with E-state index in [0.717, 1.165) is 0 Å². The van der Waals surface area contributed by atoms with Gasteiger partial charge in [0.15, 0.2) is 5.25 Å². The van der Waals surface area contributed by atoms with Crippen molar-refractivity contribution in [3.8, 4) is 11.8 Å². The van der Waals surface area contributed by atoms with Crippen LogP contribution in [0.25, 0.3) is 0 Å². The van der Waals surface area contributed by atoms with Gasteiger partial charge in [-0.25, -0.2) is 8.42 Å². The van der Waals surface area contributed by atoms with Gasteiger partial charge in [0.1, 0.15) is 5.75 Å². The molecule has 7 heteroatoms. The first-order valence-electron chi connectivity index (χ1n) is 5.19. The molecule has 1 rings (SSSR count). The van der Waals surface area contributed by atoms with Gasteiger partial charge < -0.3 is 4.74 Å². The number of hydrogen-bond acceptors (Lipinski definition) is 4. The summed E-state index contributed by atoms with van der Waals surface area (Å²) in [5.41, 5.74) is 0.310. The van der Waals surface area contributed by atoms with Crippen LogP contribution >= 0.6 is 11.6 Å². The van der Waals surface area contributed by atoms with E-state index in [-0.39, 0.29) is 6.42 Å². The quantitative estimate of drug-likeness (QED) is 0.902. The lowest BCUT2D eigenvalue weighted by Crippen LogP contribution is -2.25. The van der Waals surface area contributed by atoms with Crippen molar-refractivity contribution in [1.82, 2.24) is 0 Å². The number of nitrogens with one attached hydrogen (secondary N) is 1. The second kappa shape index (κ2) is 5.94. The minimum absolute atomic E-state index is 0.219. The molecule has 0 saturated heterocycles. The maximum absolute atomic E-state index is 11.8. The average molecular weight is 289 g/mol. The number of ether oxygens (including phenoxy) is 1. The van der Waals surface area contributed by atoms with E-state index in [2.05, 4.69) is 4.72 Å². The van der Waals surface area contributed by atoms with Crippen LogP contribution in [-0.2, 0) is 10.0 Å². The normalized spacial score (nSPS) is 12.6. The van der Waals surface area contributed by atoms with Gasteiger partial charge in [-0.1, -0.05) is 18.5 Å². The lowest BCUT2D eigenvalue weighted by atomic mass is 10.3. The molecule has 0 radical (unpaired) electrons. The van der Waals surface area contributed by atoms with Gasteiger partial charge in [-0.3, -0.25) is 4.72 Å². The number of benzene rings is 1. The molecule has 1 N–H and O–H groups in total. The summed E-state index contributed by atoms with van der Waals surface area (Å²) in [4.78, 5) is 0. The third-order valence-electron chi connectivity index (χ3n) is 2.30. The lowest BCUT2D eigenvalue weighted by molar-refractivity contribution is 0.415. The highest BCUT2D eigenvalue weighted by Crippen LogP contribution is 2.28. The SMILES string of the molecule is CCC(C#N)S(=O)(=O)Nc1ccc(Cl)c(OC)c1. The van der Waals surface area contributed by atoms with E-state index < -0.39 is 15.3 Å². The number of anilines is 1. The molecule has 0 aliphatic carbocycles. The lowest BCUT2D eigenvalue weighted by Gasteiger charge is -2.12. The molecular weight excluding hydrogens is 276 g/mol. The topological polar surface area (TPSA) is 79.2 Å². The Morgan fingerprint density at radius 3 is 2.72 bits per heavy atom. The molecule has 0 amide bonds. The summed E-state index contributed by atoms with van der Waals surface area (Å²) in [6.45, 7) is 1.63. The molecule has 1 aromatic rings. The van der Waals surface area contributed by atoms with Gasteiger partial charge >= 0.3 is 0 Å². The van der Waals surface area contributed by atoms with Gasteiger partial charge in [0.25, 0.3) is 0 Å². The zero-order chi connectivity index (χ0) is 13.8. The monoisotopic (exact) mass is 288 g/mol. The highest BCUT2D eigenvalue weighted by Gasteiger charge is 2.23. The van der Waals surface area contributed by atoms with E-state index in [9.17, 15) is 8.42 Å². The predicted octanol–water partition coefficient (Wildman–Crippen LogP) is 2.39. The second-order valence-corrected chi connectivity index (χ2v) is 5.79. The molecular formula is C11H13ClN2O3S. The zero-order valence-electron chi connectivity index (χ0n) is 9.97. The number of hydrogen-bond donors (Lipinski definition) is 1. The molecule has 5 nitrogen and oxygen atoms in total. The van der Waals surface area contributed by atoms with Gasteiger partial charge in [-0.05, 0) is 18.6 Å². The number of rotatable bonds is 5. The maximum Gasteiger partial charge on any atom is 0.249 e. The Labute approximate surface area is 111 Å². The Morgan fingerprint density at radius 1 is 1.56 bits per heavy atom. The molecule has 18 heavy (non-hydrogen) atoms. The molecule has 0 saturated carbocycles. The van der Waals surface area contributed by atoms with Crippen LogP contribution in [0, 0.1) is 11.3 Å². The molecule has 1 aromatic carbocycles. The fourth-order valence-corrected chi connectivity index (χ4v) is 2.71. The molecule has 0 fully saturated rings. The molecule has 0 spiro atoms. The summed E-state index contributed by atoms with van der Waals surface area (Å²) < 4.78 is 31.0.